The van der Waals surface area contributed by atoms with Crippen LogP contribution in [0.2, 0.25) is 0 Å². The smallest absolute Gasteiger partial charge is 0.152 e. The molecule has 1 heterocycles. The zero-order valence-corrected chi connectivity index (χ0v) is 12.3. The Morgan fingerprint density at radius 2 is 1.64 bits per heavy atom. The Kier molecular flexibility index (Phi) is 2.83. The minimum absolute atomic E-state index is 0.732. The number of nitrogens with one attached hydrogen (secondary N) is 1. The Hall–Kier alpha value is -2.87. The second kappa shape index (κ2) is 4.85. The first-order valence-electron chi connectivity index (χ1n) is 7.34. The fourth-order valence-corrected chi connectivity index (χ4v) is 3.15. The summed E-state index contributed by atoms with van der Waals surface area (Å²) in [5.41, 5.74) is 4.89. The third-order valence-electron chi connectivity index (χ3n) is 4.27. The Morgan fingerprint density at radius 1 is 0.864 bits per heavy atom. The highest BCUT2D eigenvalue weighted by atomic mass is 16.1. The highest BCUT2D eigenvalue weighted by Crippen LogP contribution is 2.34. The molecule has 0 unspecified atom stereocenters. The number of aldehydes is 1. The lowest BCUT2D eigenvalue weighted by atomic mass is 10.0. The number of aryl methyl sites for hydroxylation is 1. The molecule has 0 aliphatic heterocycles. The van der Waals surface area contributed by atoms with Gasteiger partial charge in [0.05, 0.1) is 11.2 Å². The maximum atomic E-state index is 11.7. The standard InChI is InChI=1S/C20H15NO/c1-13-6-2-4-8-15(13)19-18(12-22)17-11-10-14-7-3-5-9-16(14)20(17)21-19/h2-12,21H,1H3. The quantitative estimate of drug-likeness (QED) is 0.510. The number of H-pyrrole nitrogens is 1. The average Bonchev–Trinajstić information content (AvgIpc) is 2.94. The molecule has 106 valence electrons. The van der Waals surface area contributed by atoms with Crippen LogP contribution in [0.1, 0.15) is 15.9 Å². The number of hydrogen-bond acceptors (Lipinski definition) is 1. The number of hydrogen-bond donors (Lipinski definition) is 1. The molecule has 3 aromatic carbocycles. The van der Waals surface area contributed by atoms with Crippen molar-refractivity contribution in [1.29, 1.82) is 0 Å². The van der Waals surface area contributed by atoms with Gasteiger partial charge < -0.3 is 4.98 Å². The largest absolute Gasteiger partial charge is 0.353 e. The molecule has 4 rings (SSSR count). The Bertz CT molecular complexity index is 1010. The molecule has 0 atom stereocenters. The summed E-state index contributed by atoms with van der Waals surface area (Å²) in [7, 11) is 0. The van der Waals surface area contributed by atoms with E-state index in [0.717, 1.165) is 45.0 Å². The highest BCUT2D eigenvalue weighted by Gasteiger charge is 2.15. The number of rotatable bonds is 2. The Morgan fingerprint density at radius 3 is 2.45 bits per heavy atom. The SMILES string of the molecule is Cc1ccccc1-c1[nH]c2c(ccc3ccccc32)c1C=O. The van der Waals surface area contributed by atoms with E-state index < -0.39 is 0 Å². The summed E-state index contributed by atoms with van der Waals surface area (Å²) in [5, 5.41) is 3.29. The van der Waals surface area contributed by atoms with E-state index in [1.165, 1.54) is 5.39 Å². The maximum absolute atomic E-state index is 11.7. The summed E-state index contributed by atoms with van der Waals surface area (Å²) >= 11 is 0. The first kappa shape index (κ1) is 12.8. The van der Waals surface area contributed by atoms with Crippen LogP contribution < -0.4 is 0 Å². The third kappa shape index (κ3) is 1.77. The molecular formula is C20H15NO. The van der Waals surface area contributed by atoms with Crippen LogP contribution in [0.3, 0.4) is 0 Å². The van der Waals surface area contributed by atoms with Gasteiger partial charge in [0.25, 0.3) is 0 Å². The second-order valence-electron chi connectivity index (χ2n) is 5.56. The molecule has 0 radical (unpaired) electrons. The van der Waals surface area contributed by atoms with E-state index in [4.69, 9.17) is 0 Å². The second-order valence-corrected chi connectivity index (χ2v) is 5.56. The summed E-state index contributed by atoms with van der Waals surface area (Å²) in [6.45, 7) is 2.06. The molecule has 1 N–H and O–H groups in total. The van der Waals surface area contributed by atoms with Gasteiger partial charge in [-0.3, -0.25) is 4.79 Å². The first-order valence-corrected chi connectivity index (χ1v) is 7.34. The van der Waals surface area contributed by atoms with Crippen LogP contribution in [0.4, 0.5) is 0 Å². The Balaban J connectivity index is 2.14. The molecule has 0 spiro atoms. The lowest BCUT2D eigenvalue weighted by Crippen LogP contribution is -1.87. The minimum Gasteiger partial charge on any atom is -0.353 e. The van der Waals surface area contributed by atoms with Gasteiger partial charge in [-0.05, 0) is 17.9 Å². The molecule has 4 aromatic rings. The van der Waals surface area contributed by atoms with Gasteiger partial charge in [-0.2, -0.15) is 0 Å². The van der Waals surface area contributed by atoms with Gasteiger partial charge in [0.2, 0.25) is 0 Å². The van der Waals surface area contributed by atoms with Crippen molar-refractivity contribution < 1.29 is 4.79 Å². The fourth-order valence-electron chi connectivity index (χ4n) is 3.15. The van der Waals surface area contributed by atoms with Crippen molar-refractivity contribution >= 4 is 28.0 Å². The van der Waals surface area contributed by atoms with Crippen LogP contribution in [0.25, 0.3) is 32.9 Å². The van der Waals surface area contributed by atoms with Gasteiger partial charge in [0.15, 0.2) is 6.29 Å². The van der Waals surface area contributed by atoms with Crippen molar-refractivity contribution in [2.45, 2.75) is 6.92 Å². The van der Waals surface area contributed by atoms with Crippen LogP contribution in [0.5, 0.6) is 0 Å². The van der Waals surface area contributed by atoms with Crippen molar-refractivity contribution in [2.24, 2.45) is 0 Å². The van der Waals surface area contributed by atoms with Crippen LogP contribution in [0, 0.1) is 6.92 Å². The van der Waals surface area contributed by atoms with Gasteiger partial charge in [0, 0.05) is 21.9 Å². The number of aromatic amines is 1. The fraction of sp³-hybridized carbons (Fsp3) is 0.0500. The number of carbonyl (C=O) groups excluding carboxylic acids is 1. The van der Waals surface area contributed by atoms with E-state index in [1.54, 1.807) is 0 Å². The first-order chi connectivity index (χ1) is 10.8. The van der Waals surface area contributed by atoms with E-state index in [9.17, 15) is 4.79 Å². The molecule has 2 heteroatoms. The summed E-state index contributed by atoms with van der Waals surface area (Å²) in [5.74, 6) is 0. The number of benzene rings is 3. The van der Waals surface area contributed by atoms with Crippen molar-refractivity contribution in [3.63, 3.8) is 0 Å². The van der Waals surface area contributed by atoms with Gasteiger partial charge in [-0.15, -0.1) is 0 Å². The molecule has 0 saturated carbocycles. The van der Waals surface area contributed by atoms with E-state index in [-0.39, 0.29) is 0 Å². The predicted molar refractivity (Wildman–Crippen MR) is 91.4 cm³/mol. The van der Waals surface area contributed by atoms with Gasteiger partial charge in [-0.25, -0.2) is 0 Å². The zero-order chi connectivity index (χ0) is 15.1. The van der Waals surface area contributed by atoms with Crippen molar-refractivity contribution in [2.75, 3.05) is 0 Å². The van der Waals surface area contributed by atoms with Crippen molar-refractivity contribution in [3.05, 3.63) is 71.8 Å². The van der Waals surface area contributed by atoms with Gasteiger partial charge in [-0.1, -0.05) is 60.7 Å². The summed E-state index contributed by atoms with van der Waals surface area (Å²) < 4.78 is 0. The highest BCUT2D eigenvalue weighted by molar-refractivity contribution is 6.14. The monoisotopic (exact) mass is 285 g/mol. The molecule has 0 bridgehead atoms. The normalized spacial score (nSPS) is 11.1. The average molecular weight is 285 g/mol. The maximum Gasteiger partial charge on any atom is 0.152 e. The van der Waals surface area contributed by atoms with Crippen LogP contribution in [0.15, 0.2) is 60.7 Å². The number of carbonyl (C=O) groups is 1. The van der Waals surface area contributed by atoms with E-state index in [1.807, 2.05) is 30.3 Å². The molecule has 0 aliphatic carbocycles. The van der Waals surface area contributed by atoms with Crippen LogP contribution in [-0.4, -0.2) is 11.3 Å². The number of fused-ring (bicyclic) bond motifs is 3. The lowest BCUT2D eigenvalue weighted by Gasteiger charge is -2.03. The van der Waals surface area contributed by atoms with Gasteiger partial charge >= 0.3 is 0 Å². The topological polar surface area (TPSA) is 32.9 Å². The molecule has 22 heavy (non-hydrogen) atoms. The van der Waals surface area contributed by atoms with Crippen LogP contribution >= 0.6 is 0 Å². The molecule has 0 fully saturated rings. The Labute approximate surface area is 128 Å². The predicted octanol–water partition coefficient (Wildman–Crippen LogP) is 5.11. The molecular weight excluding hydrogens is 270 g/mol. The van der Waals surface area contributed by atoms with Crippen LogP contribution in [-0.2, 0) is 0 Å². The molecule has 1 aromatic heterocycles. The number of aromatic nitrogens is 1. The van der Waals surface area contributed by atoms with Crippen molar-refractivity contribution in [1.82, 2.24) is 4.98 Å². The molecule has 2 nitrogen and oxygen atoms in total. The van der Waals surface area contributed by atoms with E-state index in [2.05, 4.69) is 42.2 Å². The third-order valence-corrected chi connectivity index (χ3v) is 4.27. The van der Waals surface area contributed by atoms with Crippen molar-refractivity contribution in [3.8, 4) is 11.3 Å². The van der Waals surface area contributed by atoms with Gasteiger partial charge in [0.1, 0.15) is 0 Å². The zero-order valence-electron chi connectivity index (χ0n) is 12.3. The summed E-state index contributed by atoms with van der Waals surface area (Å²) in [4.78, 5) is 15.2. The van der Waals surface area contributed by atoms with E-state index in [0.29, 0.717) is 0 Å². The summed E-state index contributed by atoms with van der Waals surface area (Å²) in [6.07, 6.45) is 0.954. The summed E-state index contributed by atoms with van der Waals surface area (Å²) in [6, 6.07) is 20.4. The minimum atomic E-state index is 0.732. The molecule has 0 saturated heterocycles. The lowest BCUT2D eigenvalue weighted by molar-refractivity contribution is 0.112. The molecule has 0 aliphatic rings. The molecule has 0 amide bonds. The van der Waals surface area contributed by atoms with E-state index >= 15 is 0 Å².